The molecule has 1 aromatic carbocycles. The summed E-state index contributed by atoms with van der Waals surface area (Å²) in [4.78, 5) is 24.7. The molecule has 2 rings (SSSR count). The minimum absolute atomic E-state index is 0.0978. The highest BCUT2D eigenvalue weighted by molar-refractivity contribution is 9.10. The van der Waals surface area contributed by atoms with Gasteiger partial charge in [0.15, 0.2) is 0 Å². The fourth-order valence-corrected chi connectivity index (χ4v) is 2.27. The highest BCUT2D eigenvalue weighted by atomic mass is 79.9. The quantitative estimate of drug-likeness (QED) is 0.797. The lowest BCUT2D eigenvalue weighted by Crippen LogP contribution is -2.29. The normalized spacial score (nSPS) is 14.8. The monoisotopic (exact) mass is 329 g/mol. The van der Waals surface area contributed by atoms with Crippen molar-refractivity contribution in [2.75, 3.05) is 19.7 Å². The summed E-state index contributed by atoms with van der Waals surface area (Å²) < 4.78 is 18.3. The number of halogens is 2. The molecule has 0 aromatic heterocycles. The first kappa shape index (κ1) is 14.0. The third kappa shape index (κ3) is 3.53. The van der Waals surface area contributed by atoms with Crippen LogP contribution in [0, 0.1) is 5.82 Å². The largest absolute Gasteiger partial charge is 0.460 e. The Morgan fingerprint density at radius 1 is 1.47 bits per heavy atom. The number of nitrogens with zero attached hydrogens (tertiary/aromatic N) is 1. The zero-order chi connectivity index (χ0) is 13.8. The molecule has 1 fully saturated rings. The highest BCUT2D eigenvalue weighted by Gasteiger charge is 2.20. The van der Waals surface area contributed by atoms with E-state index in [0.29, 0.717) is 13.0 Å². The maximum absolute atomic E-state index is 13.0. The van der Waals surface area contributed by atoms with Crippen LogP contribution in [0.5, 0.6) is 0 Å². The second kappa shape index (κ2) is 6.14. The fraction of sp³-hybridized carbons (Fsp3) is 0.385. The zero-order valence-corrected chi connectivity index (χ0v) is 11.8. The molecule has 102 valence electrons. The lowest BCUT2D eigenvalue weighted by atomic mass is 10.2. The summed E-state index contributed by atoms with van der Waals surface area (Å²) in [6, 6.07) is 3.94. The molecule has 1 aliphatic rings. The predicted octanol–water partition coefficient (Wildman–Crippen LogP) is 2.37. The topological polar surface area (TPSA) is 46.6 Å². The molecule has 1 aliphatic heterocycles. The van der Waals surface area contributed by atoms with Crippen molar-refractivity contribution < 1.29 is 18.7 Å². The average molecular weight is 330 g/mol. The van der Waals surface area contributed by atoms with Gasteiger partial charge in [-0.2, -0.15) is 0 Å². The summed E-state index contributed by atoms with van der Waals surface area (Å²) in [5.74, 6) is -0.855. The van der Waals surface area contributed by atoms with Crippen LogP contribution >= 0.6 is 15.9 Å². The first-order valence-corrected chi connectivity index (χ1v) is 6.77. The third-order valence-corrected chi connectivity index (χ3v) is 3.53. The van der Waals surface area contributed by atoms with E-state index in [-0.39, 0.29) is 22.6 Å². The Morgan fingerprint density at radius 3 is 2.89 bits per heavy atom. The van der Waals surface area contributed by atoms with E-state index in [4.69, 9.17) is 4.74 Å². The number of carbonyl (C=O) groups excluding carboxylic acids is 2. The van der Waals surface area contributed by atoms with Crippen LogP contribution in [0.15, 0.2) is 22.7 Å². The number of ether oxygens (including phenoxy) is 1. The number of likely N-dealkylation sites (tertiary alicyclic amines) is 1. The minimum Gasteiger partial charge on any atom is -0.460 e. The van der Waals surface area contributed by atoms with Gasteiger partial charge in [-0.25, -0.2) is 9.18 Å². The molecule has 0 aliphatic carbocycles. The Labute approximate surface area is 118 Å². The van der Waals surface area contributed by atoms with Gasteiger partial charge in [0.2, 0.25) is 5.91 Å². The van der Waals surface area contributed by atoms with Crippen LogP contribution in [-0.4, -0.2) is 36.5 Å². The second-order valence-electron chi connectivity index (χ2n) is 4.25. The molecule has 4 nitrogen and oxygen atoms in total. The van der Waals surface area contributed by atoms with Gasteiger partial charge in [-0.15, -0.1) is 0 Å². The molecule has 1 heterocycles. The maximum Gasteiger partial charge on any atom is 0.338 e. The minimum atomic E-state index is -0.521. The van der Waals surface area contributed by atoms with E-state index in [1.54, 1.807) is 4.90 Å². The van der Waals surface area contributed by atoms with Crippen molar-refractivity contribution in [2.24, 2.45) is 0 Å². The molecule has 19 heavy (non-hydrogen) atoms. The molecule has 0 unspecified atom stereocenters. The van der Waals surface area contributed by atoms with Gasteiger partial charge in [0.1, 0.15) is 12.4 Å². The highest BCUT2D eigenvalue weighted by Crippen LogP contribution is 2.17. The Morgan fingerprint density at radius 2 is 2.26 bits per heavy atom. The van der Waals surface area contributed by atoms with E-state index in [1.165, 1.54) is 18.2 Å². The molecule has 0 bridgehead atoms. The van der Waals surface area contributed by atoms with Gasteiger partial charge >= 0.3 is 5.97 Å². The van der Waals surface area contributed by atoms with Gasteiger partial charge in [-0.05, 0) is 40.5 Å². The molecule has 0 spiro atoms. The average Bonchev–Trinajstić information content (AvgIpc) is 2.78. The van der Waals surface area contributed by atoms with Gasteiger partial charge in [-0.1, -0.05) is 0 Å². The van der Waals surface area contributed by atoms with Gasteiger partial charge in [-0.3, -0.25) is 4.79 Å². The Balaban J connectivity index is 1.84. The van der Waals surface area contributed by atoms with Crippen molar-refractivity contribution in [3.63, 3.8) is 0 Å². The Bertz CT molecular complexity index is 507. The van der Waals surface area contributed by atoms with Gasteiger partial charge < -0.3 is 9.64 Å². The molecule has 0 radical (unpaired) electrons. The molecular weight excluding hydrogens is 317 g/mol. The first-order chi connectivity index (χ1) is 9.08. The van der Waals surface area contributed by atoms with Gasteiger partial charge in [0, 0.05) is 13.0 Å². The molecule has 6 heteroatoms. The lowest BCUT2D eigenvalue weighted by Gasteiger charge is -2.15. The van der Waals surface area contributed by atoms with E-state index >= 15 is 0 Å². The fourth-order valence-electron chi connectivity index (χ4n) is 1.90. The van der Waals surface area contributed by atoms with E-state index in [2.05, 4.69) is 15.9 Å². The SMILES string of the molecule is O=C(OCCN1CCCC1=O)c1ccc(F)c(Br)c1. The Kier molecular flexibility index (Phi) is 4.52. The van der Waals surface area contributed by atoms with Crippen molar-refractivity contribution in [2.45, 2.75) is 12.8 Å². The number of hydrogen-bond acceptors (Lipinski definition) is 3. The number of carbonyl (C=O) groups is 2. The van der Waals surface area contributed by atoms with Crippen molar-refractivity contribution in [3.05, 3.63) is 34.1 Å². The van der Waals surface area contributed by atoms with Crippen LogP contribution in [0.2, 0.25) is 0 Å². The molecular formula is C13H13BrFNO3. The lowest BCUT2D eigenvalue weighted by molar-refractivity contribution is -0.128. The molecule has 1 amide bonds. The number of rotatable bonds is 4. The summed E-state index contributed by atoms with van der Waals surface area (Å²) >= 11 is 3.01. The van der Waals surface area contributed by atoms with E-state index < -0.39 is 11.8 Å². The molecule has 0 atom stereocenters. The van der Waals surface area contributed by atoms with E-state index in [9.17, 15) is 14.0 Å². The van der Waals surface area contributed by atoms with Gasteiger partial charge in [0.05, 0.1) is 16.6 Å². The van der Waals surface area contributed by atoms with E-state index in [1.807, 2.05) is 0 Å². The molecule has 1 saturated heterocycles. The summed E-state index contributed by atoms with van der Waals surface area (Å²) in [6.07, 6.45) is 1.43. The second-order valence-corrected chi connectivity index (χ2v) is 5.10. The summed E-state index contributed by atoms with van der Waals surface area (Å²) in [5.41, 5.74) is 0.279. The number of hydrogen-bond donors (Lipinski definition) is 0. The summed E-state index contributed by atoms with van der Waals surface area (Å²) in [6.45, 7) is 1.28. The number of esters is 1. The smallest absolute Gasteiger partial charge is 0.338 e. The van der Waals surface area contributed by atoms with Crippen LogP contribution in [0.4, 0.5) is 4.39 Å². The number of amides is 1. The predicted molar refractivity (Wildman–Crippen MR) is 70.2 cm³/mol. The molecule has 1 aromatic rings. The summed E-state index contributed by atoms with van der Waals surface area (Å²) in [7, 11) is 0. The van der Waals surface area contributed by atoms with E-state index in [0.717, 1.165) is 13.0 Å². The van der Waals surface area contributed by atoms with Crippen LogP contribution in [0.25, 0.3) is 0 Å². The van der Waals surface area contributed by atoms with Crippen LogP contribution in [0.3, 0.4) is 0 Å². The van der Waals surface area contributed by atoms with Crippen LogP contribution in [-0.2, 0) is 9.53 Å². The maximum atomic E-state index is 13.0. The molecule has 0 N–H and O–H groups in total. The third-order valence-electron chi connectivity index (χ3n) is 2.92. The summed E-state index contributed by atoms with van der Waals surface area (Å²) in [5, 5.41) is 0. The van der Waals surface area contributed by atoms with Crippen LogP contribution in [0.1, 0.15) is 23.2 Å². The zero-order valence-electron chi connectivity index (χ0n) is 10.2. The van der Waals surface area contributed by atoms with Crippen molar-refractivity contribution in [1.82, 2.24) is 4.90 Å². The van der Waals surface area contributed by atoms with Crippen molar-refractivity contribution >= 4 is 27.8 Å². The Hall–Kier alpha value is -1.43. The first-order valence-electron chi connectivity index (χ1n) is 5.98. The standard InChI is InChI=1S/C13H13BrFNO3/c14-10-8-9(3-4-11(10)15)13(18)19-7-6-16-5-1-2-12(16)17/h3-4,8H,1-2,5-7H2. The van der Waals surface area contributed by atoms with Crippen molar-refractivity contribution in [1.29, 1.82) is 0 Å². The van der Waals surface area contributed by atoms with Crippen LogP contribution < -0.4 is 0 Å². The number of benzene rings is 1. The van der Waals surface area contributed by atoms with Crippen molar-refractivity contribution in [3.8, 4) is 0 Å². The molecule has 0 saturated carbocycles. The van der Waals surface area contributed by atoms with Gasteiger partial charge in [0.25, 0.3) is 0 Å².